The monoisotopic (exact) mass is 235 g/mol. The molecule has 1 heteroatoms. The molecule has 3 rings (SSSR count). The van der Waals surface area contributed by atoms with Gasteiger partial charge in [0.25, 0.3) is 0 Å². The summed E-state index contributed by atoms with van der Waals surface area (Å²) in [5, 5.41) is 3.90. The normalized spacial score (nSPS) is 40.4. The summed E-state index contributed by atoms with van der Waals surface area (Å²) in [6.45, 7) is 3.75. The van der Waals surface area contributed by atoms with E-state index in [1.54, 1.807) is 0 Å². The molecule has 98 valence electrons. The van der Waals surface area contributed by atoms with E-state index in [2.05, 4.69) is 12.2 Å². The summed E-state index contributed by atoms with van der Waals surface area (Å²) < 4.78 is 0. The lowest BCUT2D eigenvalue weighted by Crippen LogP contribution is -2.45. The molecule has 0 aromatic heterocycles. The van der Waals surface area contributed by atoms with E-state index >= 15 is 0 Å². The SMILES string of the molecule is CC1(CNC2CCC3CCCCC3C2)CCC1. The van der Waals surface area contributed by atoms with Crippen LogP contribution in [0.4, 0.5) is 0 Å². The van der Waals surface area contributed by atoms with Crippen molar-refractivity contribution in [2.45, 2.75) is 77.2 Å². The molecule has 1 N–H and O–H groups in total. The summed E-state index contributed by atoms with van der Waals surface area (Å²) in [5.74, 6) is 2.17. The fraction of sp³-hybridized carbons (Fsp3) is 1.00. The van der Waals surface area contributed by atoms with Crippen molar-refractivity contribution in [3.63, 3.8) is 0 Å². The average Bonchev–Trinajstić information content (AvgIpc) is 2.34. The lowest BCUT2D eigenvalue weighted by Gasteiger charge is -2.43. The zero-order chi connectivity index (χ0) is 11.7. The van der Waals surface area contributed by atoms with Crippen molar-refractivity contribution >= 4 is 0 Å². The van der Waals surface area contributed by atoms with Gasteiger partial charge in [-0.1, -0.05) is 39.0 Å². The molecule has 3 aliphatic rings. The molecule has 0 bridgehead atoms. The van der Waals surface area contributed by atoms with Crippen molar-refractivity contribution in [2.75, 3.05) is 6.54 Å². The lowest BCUT2D eigenvalue weighted by molar-refractivity contribution is 0.114. The Bertz CT molecular complexity index is 256. The van der Waals surface area contributed by atoms with Gasteiger partial charge in [-0.25, -0.2) is 0 Å². The van der Waals surface area contributed by atoms with Gasteiger partial charge in [0.2, 0.25) is 0 Å². The van der Waals surface area contributed by atoms with Gasteiger partial charge in [0.15, 0.2) is 0 Å². The summed E-state index contributed by atoms with van der Waals surface area (Å²) in [5.41, 5.74) is 0.656. The quantitative estimate of drug-likeness (QED) is 0.775. The summed E-state index contributed by atoms with van der Waals surface area (Å²) in [7, 11) is 0. The molecule has 0 aliphatic heterocycles. The zero-order valence-electron chi connectivity index (χ0n) is 11.5. The van der Waals surface area contributed by atoms with E-state index in [0.29, 0.717) is 5.41 Å². The third-order valence-corrected chi connectivity index (χ3v) is 5.92. The highest BCUT2D eigenvalue weighted by atomic mass is 14.9. The summed E-state index contributed by atoms with van der Waals surface area (Å²) in [6.07, 6.45) is 14.9. The third-order valence-electron chi connectivity index (χ3n) is 5.92. The molecule has 1 nitrogen and oxygen atoms in total. The van der Waals surface area contributed by atoms with Crippen LogP contribution in [0, 0.1) is 17.3 Å². The van der Waals surface area contributed by atoms with Gasteiger partial charge in [-0.15, -0.1) is 0 Å². The third kappa shape index (κ3) is 2.70. The lowest BCUT2D eigenvalue weighted by atomic mass is 9.68. The number of rotatable bonds is 3. The fourth-order valence-electron chi connectivity index (χ4n) is 4.41. The summed E-state index contributed by atoms with van der Waals surface area (Å²) in [4.78, 5) is 0. The average molecular weight is 235 g/mol. The topological polar surface area (TPSA) is 12.0 Å². The van der Waals surface area contributed by atoms with Crippen LogP contribution in [0.15, 0.2) is 0 Å². The first kappa shape index (κ1) is 12.0. The summed E-state index contributed by atoms with van der Waals surface area (Å²) >= 11 is 0. The highest BCUT2D eigenvalue weighted by Gasteiger charge is 2.35. The minimum Gasteiger partial charge on any atom is -0.313 e. The van der Waals surface area contributed by atoms with Crippen LogP contribution < -0.4 is 5.32 Å². The Kier molecular flexibility index (Phi) is 3.47. The predicted octanol–water partition coefficient (Wildman–Crippen LogP) is 4.13. The molecule has 0 spiro atoms. The van der Waals surface area contributed by atoms with Gasteiger partial charge in [0.05, 0.1) is 0 Å². The molecule has 17 heavy (non-hydrogen) atoms. The Labute approximate surface area is 107 Å². The predicted molar refractivity (Wildman–Crippen MR) is 73.0 cm³/mol. The highest BCUT2D eigenvalue weighted by Crippen LogP contribution is 2.42. The first-order chi connectivity index (χ1) is 8.25. The Morgan fingerprint density at radius 1 is 0.941 bits per heavy atom. The maximum atomic E-state index is 3.90. The Morgan fingerprint density at radius 2 is 1.71 bits per heavy atom. The van der Waals surface area contributed by atoms with Crippen molar-refractivity contribution < 1.29 is 0 Å². The first-order valence-electron chi connectivity index (χ1n) is 7.99. The zero-order valence-corrected chi connectivity index (χ0v) is 11.5. The molecule has 3 saturated carbocycles. The van der Waals surface area contributed by atoms with Gasteiger partial charge in [0, 0.05) is 12.6 Å². The number of nitrogens with one attached hydrogen (secondary N) is 1. The Balaban J connectivity index is 1.45. The number of hydrogen-bond acceptors (Lipinski definition) is 1. The maximum Gasteiger partial charge on any atom is 0.00701 e. The number of hydrogen-bond donors (Lipinski definition) is 1. The van der Waals surface area contributed by atoms with Crippen molar-refractivity contribution in [1.29, 1.82) is 0 Å². The van der Waals surface area contributed by atoms with E-state index in [1.807, 2.05) is 0 Å². The highest BCUT2D eigenvalue weighted by molar-refractivity contribution is 4.90. The van der Waals surface area contributed by atoms with Gasteiger partial charge in [0.1, 0.15) is 0 Å². The van der Waals surface area contributed by atoms with Gasteiger partial charge in [-0.05, 0) is 49.4 Å². The van der Waals surface area contributed by atoms with Crippen LogP contribution in [0.3, 0.4) is 0 Å². The van der Waals surface area contributed by atoms with Crippen LogP contribution in [0.1, 0.15) is 71.1 Å². The standard InChI is InChI=1S/C16H29N/c1-16(9-4-10-16)12-17-15-8-7-13-5-2-3-6-14(13)11-15/h13-15,17H,2-12H2,1H3. The van der Waals surface area contributed by atoms with Gasteiger partial charge >= 0.3 is 0 Å². The Hall–Kier alpha value is -0.0400. The minimum atomic E-state index is 0.656. The van der Waals surface area contributed by atoms with Crippen molar-refractivity contribution in [3.8, 4) is 0 Å². The molecule has 0 amide bonds. The molecule has 0 aromatic rings. The molecular formula is C16H29N. The molecular weight excluding hydrogens is 206 g/mol. The van der Waals surface area contributed by atoms with E-state index in [0.717, 1.165) is 17.9 Å². The van der Waals surface area contributed by atoms with Crippen molar-refractivity contribution in [1.82, 2.24) is 5.32 Å². The van der Waals surface area contributed by atoms with Crippen LogP contribution in [0.5, 0.6) is 0 Å². The van der Waals surface area contributed by atoms with E-state index < -0.39 is 0 Å². The molecule has 3 atom stereocenters. The molecule has 3 unspecified atom stereocenters. The van der Waals surface area contributed by atoms with Crippen LogP contribution >= 0.6 is 0 Å². The van der Waals surface area contributed by atoms with Crippen LogP contribution in [-0.4, -0.2) is 12.6 Å². The minimum absolute atomic E-state index is 0.656. The van der Waals surface area contributed by atoms with Crippen LogP contribution in [-0.2, 0) is 0 Å². The molecule has 0 radical (unpaired) electrons. The van der Waals surface area contributed by atoms with E-state index in [9.17, 15) is 0 Å². The summed E-state index contributed by atoms with van der Waals surface area (Å²) in [6, 6.07) is 0.853. The van der Waals surface area contributed by atoms with Gasteiger partial charge in [-0.2, -0.15) is 0 Å². The Morgan fingerprint density at radius 3 is 2.41 bits per heavy atom. The fourth-order valence-corrected chi connectivity index (χ4v) is 4.41. The molecule has 0 saturated heterocycles. The van der Waals surface area contributed by atoms with Gasteiger partial charge < -0.3 is 5.32 Å². The van der Waals surface area contributed by atoms with Crippen molar-refractivity contribution in [2.24, 2.45) is 17.3 Å². The van der Waals surface area contributed by atoms with Crippen LogP contribution in [0.2, 0.25) is 0 Å². The first-order valence-corrected chi connectivity index (χ1v) is 7.99. The molecule has 0 heterocycles. The molecule has 0 aromatic carbocycles. The second-order valence-electron chi connectivity index (χ2n) is 7.36. The smallest absolute Gasteiger partial charge is 0.00701 e. The molecule has 3 aliphatic carbocycles. The van der Waals surface area contributed by atoms with Crippen molar-refractivity contribution in [3.05, 3.63) is 0 Å². The second-order valence-corrected chi connectivity index (χ2v) is 7.36. The second kappa shape index (κ2) is 4.91. The van der Waals surface area contributed by atoms with Gasteiger partial charge in [-0.3, -0.25) is 0 Å². The van der Waals surface area contributed by atoms with Crippen LogP contribution in [0.25, 0.3) is 0 Å². The van der Waals surface area contributed by atoms with E-state index in [1.165, 1.54) is 70.8 Å². The largest absolute Gasteiger partial charge is 0.313 e. The molecule has 3 fully saturated rings. The van der Waals surface area contributed by atoms with E-state index in [4.69, 9.17) is 0 Å². The maximum absolute atomic E-state index is 3.90. The van der Waals surface area contributed by atoms with E-state index in [-0.39, 0.29) is 0 Å². The number of fused-ring (bicyclic) bond motifs is 1.